The Morgan fingerprint density at radius 2 is 2.35 bits per heavy atom. The molecule has 114 valence electrons. The van der Waals surface area contributed by atoms with Crippen LogP contribution in [0.15, 0.2) is 11.5 Å². The molecule has 0 fully saturated rings. The Balaban J connectivity index is 2.68. The van der Waals surface area contributed by atoms with Gasteiger partial charge in [-0.15, -0.1) is 0 Å². The Morgan fingerprint density at radius 1 is 1.65 bits per heavy atom. The van der Waals surface area contributed by atoms with Gasteiger partial charge < -0.3 is 10.1 Å². The van der Waals surface area contributed by atoms with Crippen LogP contribution in [0.1, 0.15) is 33.6 Å². The summed E-state index contributed by atoms with van der Waals surface area (Å²) in [6, 6.07) is 0. The minimum Gasteiger partial charge on any atom is -0.468 e. The minimum absolute atomic E-state index is 0.214. The number of esters is 1. The fourth-order valence-electron chi connectivity index (χ4n) is 2.04. The molecule has 1 rings (SSSR count). The highest BCUT2D eigenvalue weighted by molar-refractivity contribution is 7.99. The van der Waals surface area contributed by atoms with E-state index in [1.165, 1.54) is 13.4 Å². The summed E-state index contributed by atoms with van der Waals surface area (Å²) in [4.78, 5) is 16.2. The van der Waals surface area contributed by atoms with Gasteiger partial charge >= 0.3 is 5.97 Å². The molecule has 0 aromatic carbocycles. The summed E-state index contributed by atoms with van der Waals surface area (Å²) >= 11 is 1.61. The van der Waals surface area contributed by atoms with Crippen LogP contribution in [0.4, 0.5) is 0 Å². The molecule has 0 aliphatic carbocycles. The summed E-state index contributed by atoms with van der Waals surface area (Å²) in [7, 11) is 3.28. The number of hydrogen-bond donors (Lipinski definition) is 1. The van der Waals surface area contributed by atoms with Crippen LogP contribution in [0.5, 0.6) is 0 Å². The first-order valence-corrected chi connectivity index (χ1v) is 7.65. The number of carbonyl (C=O) groups excluding carboxylic acids is 1. The van der Waals surface area contributed by atoms with Crippen molar-refractivity contribution in [2.45, 2.75) is 49.6 Å². The van der Waals surface area contributed by atoms with Crippen LogP contribution >= 0.6 is 11.8 Å². The van der Waals surface area contributed by atoms with E-state index in [2.05, 4.69) is 29.2 Å². The van der Waals surface area contributed by atoms with Gasteiger partial charge in [0.05, 0.1) is 7.11 Å². The van der Waals surface area contributed by atoms with Crippen LogP contribution in [0.25, 0.3) is 0 Å². The molecular weight excluding hydrogens is 276 g/mol. The fraction of sp³-hybridized carbons (Fsp3) is 0.769. The highest BCUT2D eigenvalue weighted by Gasteiger charge is 2.35. The number of thioether (sulfide) groups is 1. The van der Waals surface area contributed by atoms with Crippen molar-refractivity contribution < 1.29 is 9.53 Å². The van der Waals surface area contributed by atoms with E-state index in [0.717, 1.165) is 18.1 Å². The van der Waals surface area contributed by atoms with Crippen LogP contribution in [0, 0.1) is 0 Å². The molecule has 7 heteroatoms. The molecule has 0 amide bonds. The fourth-order valence-corrected chi connectivity index (χ4v) is 3.13. The lowest BCUT2D eigenvalue weighted by molar-refractivity contribution is -0.148. The normalized spacial score (nSPS) is 15.7. The van der Waals surface area contributed by atoms with Gasteiger partial charge in [-0.25, -0.2) is 9.67 Å². The smallest absolute Gasteiger partial charge is 0.325 e. The average molecular weight is 300 g/mol. The van der Waals surface area contributed by atoms with Crippen molar-refractivity contribution in [1.82, 2.24) is 20.1 Å². The second-order valence-electron chi connectivity index (χ2n) is 5.05. The predicted molar refractivity (Wildman–Crippen MR) is 79.7 cm³/mol. The van der Waals surface area contributed by atoms with Crippen molar-refractivity contribution in [2.24, 2.45) is 7.05 Å². The lowest BCUT2D eigenvalue weighted by Crippen LogP contribution is -2.51. The second kappa shape index (κ2) is 7.64. The Labute approximate surface area is 124 Å². The molecule has 0 saturated carbocycles. The van der Waals surface area contributed by atoms with Gasteiger partial charge in [-0.05, 0) is 26.3 Å². The number of methoxy groups -OCH3 is 1. The van der Waals surface area contributed by atoms with Gasteiger partial charge in [0.25, 0.3) is 0 Å². The van der Waals surface area contributed by atoms with Crippen LogP contribution in [0.2, 0.25) is 0 Å². The van der Waals surface area contributed by atoms with E-state index in [-0.39, 0.29) is 11.2 Å². The van der Waals surface area contributed by atoms with Gasteiger partial charge in [0.2, 0.25) is 0 Å². The Morgan fingerprint density at radius 3 is 2.85 bits per heavy atom. The number of rotatable bonds is 8. The van der Waals surface area contributed by atoms with E-state index >= 15 is 0 Å². The first-order valence-electron chi connectivity index (χ1n) is 6.77. The number of hydrogen-bond acceptors (Lipinski definition) is 6. The maximum absolute atomic E-state index is 12.0. The molecule has 0 saturated heterocycles. The lowest BCUT2D eigenvalue weighted by atomic mass is 9.96. The third-order valence-corrected chi connectivity index (χ3v) is 4.22. The van der Waals surface area contributed by atoms with Gasteiger partial charge in [-0.3, -0.25) is 4.79 Å². The van der Waals surface area contributed by atoms with E-state index in [1.807, 2.05) is 14.0 Å². The van der Waals surface area contributed by atoms with Crippen LogP contribution in [-0.2, 0) is 16.6 Å². The second-order valence-corrected chi connectivity index (χ2v) is 6.45. The predicted octanol–water partition coefficient (Wildman–Crippen LogP) is 1.62. The summed E-state index contributed by atoms with van der Waals surface area (Å²) < 4.78 is 6.66. The van der Waals surface area contributed by atoms with Crippen molar-refractivity contribution in [1.29, 1.82) is 0 Å². The zero-order chi connectivity index (χ0) is 15.2. The summed E-state index contributed by atoms with van der Waals surface area (Å²) in [6.45, 7) is 6.83. The molecule has 0 aliphatic heterocycles. The van der Waals surface area contributed by atoms with Crippen molar-refractivity contribution in [3.8, 4) is 0 Å². The standard InChI is InChI=1S/C13H24N4O2S/c1-6-7-15-13(3,11(18)19-5)8-10(2)20-12-14-9-16-17(12)4/h9-10,15H,6-8H2,1-5H3. The van der Waals surface area contributed by atoms with E-state index < -0.39 is 5.54 Å². The zero-order valence-corrected chi connectivity index (χ0v) is 13.7. The molecule has 0 bridgehead atoms. The number of nitrogens with zero attached hydrogens (tertiary/aromatic N) is 3. The summed E-state index contributed by atoms with van der Waals surface area (Å²) in [5.74, 6) is -0.226. The molecule has 6 nitrogen and oxygen atoms in total. The molecule has 2 unspecified atom stereocenters. The first kappa shape index (κ1) is 17.0. The highest BCUT2D eigenvalue weighted by Crippen LogP contribution is 2.27. The molecule has 1 N–H and O–H groups in total. The van der Waals surface area contributed by atoms with Gasteiger partial charge in [0, 0.05) is 12.3 Å². The number of aromatic nitrogens is 3. The van der Waals surface area contributed by atoms with Crippen LogP contribution in [-0.4, -0.2) is 45.2 Å². The van der Waals surface area contributed by atoms with Crippen molar-refractivity contribution in [2.75, 3.05) is 13.7 Å². The van der Waals surface area contributed by atoms with Gasteiger partial charge in [0.15, 0.2) is 5.16 Å². The molecular formula is C13H24N4O2S. The van der Waals surface area contributed by atoms with E-state index in [1.54, 1.807) is 16.4 Å². The maximum atomic E-state index is 12.0. The molecule has 0 spiro atoms. The first-order chi connectivity index (χ1) is 9.42. The van der Waals surface area contributed by atoms with E-state index in [4.69, 9.17) is 4.74 Å². The molecule has 1 aromatic rings. The molecule has 20 heavy (non-hydrogen) atoms. The van der Waals surface area contributed by atoms with Gasteiger partial charge in [0.1, 0.15) is 11.9 Å². The van der Waals surface area contributed by atoms with Crippen molar-refractivity contribution in [3.63, 3.8) is 0 Å². The van der Waals surface area contributed by atoms with Gasteiger partial charge in [-0.2, -0.15) is 5.10 Å². The van der Waals surface area contributed by atoms with Crippen LogP contribution in [0.3, 0.4) is 0 Å². The molecule has 0 radical (unpaired) electrons. The number of aryl methyl sites for hydroxylation is 1. The largest absolute Gasteiger partial charge is 0.468 e. The average Bonchev–Trinajstić information content (AvgIpc) is 2.80. The van der Waals surface area contributed by atoms with Crippen molar-refractivity contribution >= 4 is 17.7 Å². The Bertz CT molecular complexity index is 438. The lowest BCUT2D eigenvalue weighted by Gasteiger charge is -2.30. The molecule has 1 aromatic heterocycles. The summed E-state index contributed by atoms with van der Waals surface area (Å²) in [5.41, 5.74) is -0.671. The Hall–Kier alpha value is -1.08. The molecule has 1 heterocycles. The van der Waals surface area contributed by atoms with E-state index in [0.29, 0.717) is 6.42 Å². The molecule has 2 atom stereocenters. The third-order valence-electron chi connectivity index (χ3n) is 3.07. The highest BCUT2D eigenvalue weighted by atomic mass is 32.2. The molecule has 0 aliphatic rings. The number of ether oxygens (including phenoxy) is 1. The topological polar surface area (TPSA) is 69.0 Å². The number of nitrogens with one attached hydrogen (secondary N) is 1. The quantitative estimate of drug-likeness (QED) is 0.581. The SMILES string of the molecule is CCCNC(C)(CC(C)Sc1ncnn1C)C(=O)OC. The van der Waals surface area contributed by atoms with Crippen molar-refractivity contribution in [3.05, 3.63) is 6.33 Å². The monoisotopic (exact) mass is 300 g/mol. The zero-order valence-electron chi connectivity index (χ0n) is 12.8. The third kappa shape index (κ3) is 4.49. The van der Waals surface area contributed by atoms with Crippen LogP contribution < -0.4 is 5.32 Å². The Kier molecular flexibility index (Phi) is 6.48. The summed E-state index contributed by atoms with van der Waals surface area (Å²) in [5, 5.41) is 8.40. The summed E-state index contributed by atoms with van der Waals surface area (Å²) in [6.07, 6.45) is 3.17. The maximum Gasteiger partial charge on any atom is 0.325 e. The minimum atomic E-state index is -0.671. The number of carbonyl (C=O) groups is 1. The van der Waals surface area contributed by atoms with E-state index in [9.17, 15) is 4.79 Å². The van der Waals surface area contributed by atoms with Gasteiger partial charge in [-0.1, -0.05) is 25.6 Å².